The zero-order valence-electron chi connectivity index (χ0n) is 8.90. The maximum atomic E-state index is 9.98. The van der Waals surface area contributed by atoms with Crippen LogP contribution in [0.3, 0.4) is 0 Å². The maximum Gasteiger partial charge on any atom is 0.129 e. The molecule has 0 aromatic carbocycles. The molecule has 0 spiro atoms. The molecule has 1 aliphatic rings. The van der Waals surface area contributed by atoms with Crippen molar-refractivity contribution < 1.29 is 5.11 Å². The standard InChI is InChI=1S/C11H17N3O/c1-7-4-5-13-11(12)10(7)9(15)6-14-8-2-3-8/h4-5,8-9,14-15H,2-3,6H2,1H3,(H2,12,13). The van der Waals surface area contributed by atoms with E-state index in [-0.39, 0.29) is 0 Å². The molecule has 1 heterocycles. The summed E-state index contributed by atoms with van der Waals surface area (Å²) < 4.78 is 0. The molecule has 4 nitrogen and oxygen atoms in total. The van der Waals surface area contributed by atoms with Gasteiger partial charge >= 0.3 is 0 Å². The molecule has 0 radical (unpaired) electrons. The van der Waals surface area contributed by atoms with Crippen LogP contribution >= 0.6 is 0 Å². The number of nitrogens with one attached hydrogen (secondary N) is 1. The van der Waals surface area contributed by atoms with Gasteiger partial charge in [-0.05, 0) is 31.4 Å². The first-order chi connectivity index (χ1) is 7.18. The minimum absolute atomic E-state index is 0.431. The average molecular weight is 207 g/mol. The fourth-order valence-electron chi connectivity index (χ4n) is 1.69. The molecule has 1 aromatic rings. The molecule has 1 aliphatic carbocycles. The number of aliphatic hydroxyl groups excluding tert-OH is 1. The summed E-state index contributed by atoms with van der Waals surface area (Å²) in [5.74, 6) is 0.431. The van der Waals surface area contributed by atoms with Crippen molar-refractivity contribution in [3.63, 3.8) is 0 Å². The minimum Gasteiger partial charge on any atom is -0.387 e. The highest BCUT2D eigenvalue weighted by Gasteiger charge is 2.22. The number of aryl methyl sites for hydroxylation is 1. The Morgan fingerprint density at radius 3 is 3.00 bits per heavy atom. The molecule has 1 fully saturated rings. The van der Waals surface area contributed by atoms with E-state index in [2.05, 4.69) is 10.3 Å². The van der Waals surface area contributed by atoms with Gasteiger partial charge in [0.1, 0.15) is 5.82 Å². The second-order valence-corrected chi connectivity index (χ2v) is 4.13. The van der Waals surface area contributed by atoms with E-state index in [1.54, 1.807) is 6.20 Å². The number of nitrogens with two attached hydrogens (primary N) is 1. The molecule has 1 saturated carbocycles. The van der Waals surface area contributed by atoms with Gasteiger partial charge in [-0.2, -0.15) is 0 Å². The Morgan fingerprint density at radius 2 is 2.40 bits per heavy atom. The second-order valence-electron chi connectivity index (χ2n) is 4.13. The third-order valence-corrected chi connectivity index (χ3v) is 2.75. The van der Waals surface area contributed by atoms with Crippen LogP contribution in [-0.4, -0.2) is 22.7 Å². The van der Waals surface area contributed by atoms with Crippen molar-refractivity contribution in [3.8, 4) is 0 Å². The van der Waals surface area contributed by atoms with Gasteiger partial charge in [0.15, 0.2) is 0 Å². The predicted molar refractivity (Wildman–Crippen MR) is 59.4 cm³/mol. The summed E-state index contributed by atoms with van der Waals surface area (Å²) in [7, 11) is 0. The fraction of sp³-hybridized carbons (Fsp3) is 0.545. The summed E-state index contributed by atoms with van der Waals surface area (Å²) in [5, 5.41) is 13.3. The molecule has 2 rings (SSSR count). The first-order valence-electron chi connectivity index (χ1n) is 5.31. The van der Waals surface area contributed by atoms with Crippen LogP contribution in [0.2, 0.25) is 0 Å². The number of hydrogen-bond donors (Lipinski definition) is 3. The zero-order chi connectivity index (χ0) is 10.8. The van der Waals surface area contributed by atoms with Gasteiger partial charge in [-0.15, -0.1) is 0 Å². The molecule has 82 valence electrons. The maximum absolute atomic E-state index is 9.98. The summed E-state index contributed by atoms with van der Waals surface area (Å²) in [6.07, 6.45) is 3.54. The lowest BCUT2D eigenvalue weighted by Crippen LogP contribution is -2.24. The van der Waals surface area contributed by atoms with Gasteiger partial charge in [0.25, 0.3) is 0 Å². The van der Waals surface area contributed by atoms with Crippen molar-refractivity contribution in [2.75, 3.05) is 12.3 Å². The summed E-state index contributed by atoms with van der Waals surface area (Å²) in [4.78, 5) is 3.99. The van der Waals surface area contributed by atoms with Crippen LogP contribution < -0.4 is 11.1 Å². The molecule has 1 atom stereocenters. The van der Waals surface area contributed by atoms with E-state index in [0.29, 0.717) is 18.4 Å². The number of aromatic nitrogens is 1. The highest BCUT2D eigenvalue weighted by Crippen LogP contribution is 2.24. The monoisotopic (exact) mass is 207 g/mol. The van der Waals surface area contributed by atoms with Crippen molar-refractivity contribution in [1.82, 2.24) is 10.3 Å². The Kier molecular flexibility index (Phi) is 2.88. The fourth-order valence-corrected chi connectivity index (χ4v) is 1.69. The first kappa shape index (κ1) is 10.4. The number of rotatable bonds is 4. The van der Waals surface area contributed by atoms with Crippen molar-refractivity contribution in [1.29, 1.82) is 0 Å². The van der Waals surface area contributed by atoms with E-state index in [1.807, 2.05) is 13.0 Å². The van der Waals surface area contributed by atoms with Gasteiger partial charge in [0.2, 0.25) is 0 Å². The number of hydrogen-bond acceptors (Lipinski definition) is 4. The van der Waals surface area contributed by atoms with Crippen LogP contribution in [0.1, 0.15) is 30.1 Å². The highest BCUT2D eigenvalue weighted by atomic mass is 16.3. The van der Waals surface area contributed by atoms with Gasteiger partial charge in [-0.25, -0.2) is 4.98 Å². The molecule has 15 heavy (non-hydrogen) atoms. The van der Waals surface area contributed by atoms with Gasteiger partial charge in [0.05, 0.1) is 6.10 Å². The largest absolute Gasteiger partial charge is 0.387 e. The minimum atomic E-state index is -0.556. The van der Waals surface area contributed by atoms with E-state index in [0.717, 1.165) is 11.1 Å². The lowest BCUT2D eigenvalue weighted by atomic mass is 10.1. The number of pyridine rings is 1. The SMILES string of the molecule is Cc1ccnc(N)c1C(O)CNC1CC1. The van der Waals surface area contributed by atoms with Crippen molar-refractivity contribution in [2.45, 2.75) is 31.9 Å². The molecule has 1 aromatic heterocycles. The Hall–Kier alpha value is -1.13. The molecular formula is C11H17N3O. The number of aliphatic hydroxyl groups is 1. The molecule has 0 amide bonds. The van der Waals surface area contributed by atoms with Gasteiger partial charge < -0.3 is 16.2 Å². The smallest absolute Gasteiger partial charge is 0.129 e. The van der Waals surface area contributed by atoms with Crippen molar-refractivity contribution >= 4 is 5.82 Å². The number of nitrogen functional groups attached to an aromatic ring is 1. The van der Waals surface area contributed by atoms with Crippen LogP contribution in [-0.2, 0) is 0 Å². The molecule has 1 unspecified atom stereocenters. The van der Waals surface area contributed by atoms with E-state index >= 15 is 0 Å². The van der Waals surface area contributed by atoms with Crippen molar-refractivity contribution in [2.24, 2.45) is 0 Å². The van der Waals surface area contributed by atoms with E-state index in [9.17, 15) is 5.11 Å². The number of anilines is 1. The van der Waals surface area contributed by atoms with Crippen LogP contribution in [0.25, 0.3) is 0 Å². The van der Waals surface area contributed by atoms with E-state index in [4.69, 9.17) is 5.73 Å². The molecule has 4 N–H and O–H groups in total. The zero-order valence-corrected chi connectivity index (χ0v) is 8.90. The van der Waals surface area contributed by atoms with E-state index < -0.39 is 6.10 Å². The lowest BCUT2D eigenvalue weighted by molar-refractivity contribution is 0.174. The highest BCUT2D eigenvalue weighted by molar-refractivity contribution is 5.45. The van der Waals surface area contributed by atoms with Crippen LogP contribution in [0.5, 0.6) is 0 Å². The third kappa shape index (κ3) is 2.46. The summed E-state index contributed by atoms with van der Waals surface area (Å²) in [6.45, 7) is 2.50. The lowest BCUT2D eigenvalue weighted by Gasteiger charge is -2.15. The molecule has 0 aliphatic heterocycles. The topological polar surface area (TPSA) is 71.2 Å². The Morgan fingerprint density at radius 1 is 1.67 bits per heavy atom. The molecular weight excluding hydrogens is 190 g/mol. The summed E-state index contributed by atoms with van der Waals surface area (Å²) >= 11 is 0. The molecule has 4 heteroatoms. The number of nitrogens with zero attached hydrogens (tertiary/aromatic N) is 1. The molecule has 0 bridgehead atoms. The van der Waals surface area contributed by atoms with E-state index in [1.165, 1.54) is 12.8 Å². The summed E-state index contributed by atoms with van der Waals surface area (Å²) in [6, 6.07) is 2.46. The third-order valence-electron chi connectivity index (χ3n) is 2.75. The van der Waals surface area contributed by atoms with Gasteiger partial charge in [-0.3, -0.25) is 0 Å². The quantitative estimate of drug-likeness (QED) is 0.681. The van der Waals surface area contributed by atoms with Crippen LogP contribution in [0.4, 0.5) is 5.82 Å². The Labute approximate surface area is 89.5 Å². The Bertz CT molecular complexity index is 329. The van der Waals surface area contributed by atoms with Gasteiger partial charge in [-0.1, -0.05) is 0 Å². The van der Waals surface area contributed by atoms with Gasteiger partial charge in [0, 0.05) is 24.3 Å². The molecule has 0 saturated heterocycles. The average Bonchev–Trinajstić information content (AvgIpc) is 2.97. The second kappa shape index (κ2) is 4.16. The Balaban J connectivity index is 2.05. The van der Waals surface area contributed by atoms with Crippen molar-refractivity contribution in [3.05, 3.63) is 23.4 Å². The predicted octanol–water partition coefficient (Wildman–Crippen LogP) is 0.758. The first-order valence-corrected chi connectivity index (χ1v) is 5.31. The van der Waals surface area contributed by atoms with Crippen LogP contribution in [0, 0.1) is 6.92 Å². The van der Waals surface area contributed by atoms with Crippen LogP contribution in [0.15, 0.2) is 12.3 Å². The normalized spacial score (nSPS) is 17.7. The summed E-state index contributed by atoms with van der Waals surface area (Å²) in [5.41, 5.74) is 7.49.